The highest BCUT2D eigenvalue weighted by Gasteiger charge is 2.57. The fourth-order valence-electron chi connectivity index (χ4n) is 5.10. The lowest BCUT2D eigenvalue weighted by atomic mass is 10.0. The van der Waals surface area contributed by atoms with Gasteiger partial charge in [0.25, 0.3) is 5.91 Å². The lowest BCUT2D eigenvalue weighted by Crippen LogP contribution is -2.40. The molecule has 1 saturated heterocycles. The van der Waals surface area contributed by atoms with Crippen molar-refractivity contribution in [1.82, 2.24) is 9.80 Å². The van der Waals surface area contributed by atoms with Crippen molar-refractivity contribution in [1.29, 1.82) is 5.26 Å². The van der Waals surface area contributed by atoms with Crippen molar-refractivity contribution in [3.8, 4) is 17.2 Å². The quantitative estimate of drug-likeness (QED) is 0.716. The van der Waals surface area contributed by atoms with Crippen LogP contribution in [0.25, 0.3) is 11.1 Å². The Bertz CT molecular complexity index is 1200. The minimum absolute atomic E-state index is 0.121. The Hall–Kier alpha value is -3.46. The summed E-state index contributed by atoms with van der Waals surface area (Å²) in [5.41, 5.74) is 3.05. The van der Waals surface area contributed by atoms with Gasteiger partial charge in [-0.3, -0.25) is 19.5 Å². The highest BCUT2D eigenvalue weighted by Crippen LogP contribution is 2.46. The fraction of sp³-hybridized carbons (Fsp3) is 0.407. The van der Waals surface area contributed by atoms with Gasteiger partial charge in [0.15, 0.2) is 0 Å². The van der Waals surface area contributed by atoms with Gasteiger partial charge in [0.2, 0.25) is 5.91 Å². The van der Waals surface area contributed by atoms with Crippen LogP contribution in [-0.2, 0) is 9.59 Å². The molecule has 1 atom stereocenters. The summed E-state index contributed by atoms with van der Waals surface area (Å²) in [6.45, 7) is 2.17. The van der Waals surface area contributed by atoms with Crippen LogP contribution in [0.15, 0.2) is 53.5 Å². The molecule has 0 unspecified atom stereocenters. The zero-order valence-electron chi connectivity index (χ0n) is 18.5. The summed E-state index contributed by atoms with van der Waals surface area (Å²) in [5, 5.41) is 9.17. The number of amides is 2. The summed E-state index contributed by atoms with van der Waals surface area (Å²) in [6, 6.07) is 17.8. The smallest absolute Gasteiger partial charge is 0.256 e. The molecular weight excluding hydrogens is 412 g/mol. The predicted octanol–water partition coefficient (Wildman–Crippen LogP) is 3.61. The van der Waals surface area contributed by atoms with E-state index in [1.807, 2.05) is 52.3 Å². The number of nitrogens with zero attached hydrogens (tertiary/aromatic N) is 4. The van der Waals surface area contributed by atoms with Crippen LogP contribution in [0.3, 0.4) is 0 Å². The lowest BCUT2D eigenvalue weighted by Gasteiger charge is -2.23. The largest absolute Gasteiger partial charge is 0.342 e. The molecule has 1 spiro atoms. The topological polar surface area (TPSA) is 76.8 Å². The Morgan fingerprint density at radius 3 is 2.52 bits per heavy atom. The van der Waals surface area contributed by atoms with Gasteiger partial charge < -0.3 is 4.90 Å². The number of carbonyl (C=O) groups is 2. The average molecular weight is 439 g/mol. The number of aliphatic imine (C=N–C) groups is 1. The molecule has 0 bridgehead atoms. The summed E-state index contributed by atoms with van der Waals surface area (Å²) < 4.78 is 0. The second-order valence-corrected chi connectivity index (χ2v) is 9.87. The van der Waals surface area contributed by atoms with Gasteiger partial charge in [0, 0.05) is 31.1 Å². The first-order valence-corrected chi connectivity index (χ1v) is 11.9. The van der Waals surface area contributed by atoms with Crippen molar-refractivity contribution >= 4 is 17.6 Å². The van der Waals surface area contributed by atoms with Crippen LogP contribution in [-0.4, -0.2) is 52.6 Å². The molecule has 2 aliphatic carbocycles. The van der Waals surface area contributed by atoms with E-state index in [9.17, 15) is 14.9 Å². The number of amidine groups is 1. The van der Waals surface area contributed by atoms with E-state index in [0.29, 0.717) is 23.9 Å². The monoisotopic (exact) mass is 438 g/mol. The molecule has 6 heteroatoms. The first-order valence-electron chi connectivity index (χ1n) is 11.9. The van der Waals surface area contributed by atoms with E-state index in [4.69, 9.17) is 4.99 Å². The van der Waals surface area contributed by atoms with Gasteiger partial charge in [-0.15, -0.1) is 0 Å². The molecule has 2 aromatic carbocycles. The first kappa shape index (κ1) is 20.2. The molecule has 166 valence electrons. The van der Waals surface area contributed by atoms with Crippen molar-refractivity contribution in [2.45, 2.75) is 37.6 Å². The van der Waals surface area contributed by atoms with Crippen LogP contribution < -0.4 is 0 Å². The summed E-state index contributed by atoms with van der Waals surface area (Å²) in [7, 11) is 0. The van der Waals surface area contributed by atoms with Gasteiger partial charge in [-0.05, 0) is 61.3 Å². The molecule has 2 saturated carbocycles. The molecular formula is C27H26N4O2. The maximum Gasteiger partial charge on any atom is 0.256 e. The third-order valence-electron chi connectivity index (χ3n) is 7.38. The highest BCUT2D eigenvalue weighted by molar-refractivity contribution is 6.16. The summed E-state index contributed by atoms with van der Waals surface area (Å²) in [6.07, 6.45) is 4.64. The molecule has 0 aromatic heterocycles. The van der Waals surface area contributed by atoms with Crippen LogP contribution in [0, 0.1) is 23.2 Å². The fourth-order valence-corrected chi connectivity index (χ4v) is 5.10. The molecule has 6 nitrogen and oxygen atoms in total. The summed E-state index contributed by atoms with van der Waals surface area (Å²) >= 11 is 0. The van der Waals surface area contributed by atoms with Gasteiger partial charge >= 0.3 is 0 Å². The Balaban J connectivity index is 1.22. The Morgan fingerprint density at radius 2 is 1.82 bits per heavy atom. The second kappa shape index (κ2) is 7.55. The molecule has 33 heavy (non-hydrogen) atoms. The van der Waals surface area contributed by atoms with Gasteiger partial charge in [0.05, 0.1) is 11.6 Å². The van der Waals surface area contributed by atoms with E-state index < -0.39 is 5.54 Å². The van der Waals surface area contributed by atoms with Crippen molar-refractivity contribution < 1.29 is 9.59 Å². The molecule has 0 radical (unpaired) electrons. The minimum Gasteiger partial charge on any atom is -0.342 e. The van der Waals surface area contributed by atoms with E-state index in [1.165, 1.54) is 0 Å². The molecule has 6 rings (SSSR count). The number of likely N-dealkylation sites (tertiary alicyclic amines) is 1. The summed E-state index contributed by atoms with van der Waals surface area (Å²) in [5.74, 6) is 1.73. The van der Waals surface area contributed by atoms with E-state index in [1.54, 1.807) is 6.07 Å². The van der Waals surface area contributed by atoms with Gasteiger partial charge in [-0.25, -0.2) is 0 Å². The highest BCUT2D eigenvalue weighted by atomic mass is 16.2. The number of nitriles is 1. The third-order valence-corrected chi connectivity index (χ3v) is 7.38. The molecule has 2 heterocycles. The maximum absolute atomic E-state index is 13.3. The van der Waals surface area contributed by atoms with Crippen LogP contribution in [0.1, 0.15) is 43.2 Å². The zero-order chi connectivity index (χ0) is 22.6. The van der Waals surface area contributed by atoms with Crippen LogP contribution >= 0.6 is 0 Å². The number of benzene rings is 2. The van der Waals surface area contributed by atoms with E-state index in [0.717, 1.165) is 67.7 Å². The van der Waals surface area contributed by atoms with E-state index in [-0.39, 0.29) is 11.8 Å². The third kappa shape index (κ3) is 3.62. The first-order chi connectivity index (χ1) is 16.1. The molecule has 4 aliphatic rings. The average Bonchev–Trinajstić information content (AvgIpc) is 3.77. The molecule has 0 N–H and O–H groups in total. The number of rotatable bonds is 5. The minimum atomic E-state index is -0.544. The van der Waals surface area contributed by atoms with Crippen molar-refractivity contribution in [2.24, 2.45) is 16.8 Å². The van der Waals surface area contributed by atoms with Crippen LogP contribution in [0.2, 0.25) is 0 Å². The zero-order valence-corrected chi connectivity index (χ0v) is 18.5. The molecule has 3 fully saturated rings. The van der Waals surface area contributed by atoms with E-state index in [2.05, 4.69) is 6.07 Å². The molecule has 2 amide bonds. The number of hydrogen-bond acceptors (Lipinski definition) is 4. The Kier molecular flexibility index (Phi) is 4.62. The van der Waals surface area contributed by atoms with Crippen molar-refractivity contribution in [3.05, 3.63) is 59.7 Å². The molecule has 2 aliphatic heterocycles. The van der Waals surface area contributed by atoms with Crippen molar-refractivity contribution in [2.75, 3.05) is 19.6 Å². The van der Waals surface area contributed by atoms with Crippen LogP contribution in [0.4, 0.5) is 0 Å². The number of carbonyl (C=O) groups excluding carboxylic acids is 2. The normalized spacial score (nSPS) is 23.1. The lowest BCUT2D eigenvalue weighted by molar-refractivity contribution is -0.131. The Labute approximate surface area is 193 Å². The predicted molar refractivity (Wildman–Crippen MR) is 124 cm³/mol. The Morgan fingerprint density at radius 1 is 1.06 bits per heavy atom. The second-order valence-electron chi connectivity index (χ2n) is 9.87. The molecule has 2 aromatic rings. The number of hydrogen-bond donors (Lipinski definition) is 0. The summed E-state index contributed by atoms with van der Waals surface area (Å²) in [4.78, 5) is 34.5. The van der Waals surface area contributed by atoms with Gasteiger partial charge in [0.1, 0.15) is 11.4 Å². The standard InChI is InChI=1S/C27H26N4O2/c28-15-18-2-1-3-23(14-18)20-4-6-21(7-5-20)24-29-27(11-12-27)26(33)31(24)17-19-10-13-30(16-19)25(32)22-8-9-22/h1-7,14,19,22H,8-13,16-17H2/t19-/m1/s1. The van der Waals surface area contributed by atoms with Crippen molar-refractivity contribution in [3.63, 3.8) is 0 Å². The van der Waals surface area contributed by atoms with E-state index >= 15 is 0 Å². The van der Waals surface area contributed by atoms with Gasteiger partial charge in [-0.2, -0.15) is 5.26 Å². The van der Waals surface area contributed by atoms with Crippen LogP contribution in [0.5, 0.6) is 0 Å². The van der Waals surface area contributed by atoms with Gasteiger partial charge in [-0.1, -0.05) is 36.4 Å². The SMILES string of the molecule is N#Cc1cccc(-c2ccc(C3=NC4(CC4)C(=O)N3C[C@@H]3CCN(C(=O)C4CC4)C3)cc2)c1. The maximum atomic E-state index is 13.3.